The van der Waals surface area contributed by atoms with Crippen molar-refractivity contribution >= 4 is 32.8 Å². The highest BCUT2D eigenvalue weighted by Crippen LogP contribution is 2.21. The zero-order valence-corrected chi connectivity index (χ0v) is 14.5. The lowest BCUT2D eigenvalue weighted by molar-refractivity contribution is 0.376. The monoisotopic (exact) mass is 377 g/mol. The second kappa shape index (κ2) is 5.98. The summed E-state index contributed by atoms with van der Waals surface area (Å²) in [5.41, 5.74) is 1.55. The Bertz CT molecular complexity index is 1150. The lowest BCUT2D eigenvalue weighted by Crippen LogP contribution is -2.23. The highest BCUT2D eigenvalue weighted by molar-refractivity contribution is 7.89. The third-order valence-corrected chi connectivity index (χ3v) is 5.36. The molecule has 1 aromatic carbocycles. The highest BCUT2D eigenvalue weighted by atomic mass is 32.2. The summed E-state index contributed by atoms with van der Waals surface area (Å²) in [6.07, 6.45) is 3.32. The molecular weight excluding hydrogens is 366 g/mol. The molecule has 0 fully saturated rings. The summed E-state index contributed by atoms with van der Waals surface area (Å²) in [6.45, 7) is -0.135. The molecule has 0 atom stereocenters. The first-order chi connectivity index (χ1) is 12.0. The summed E-state index contributed by atoms with van der Waals surface area (Å²) in [4.78, 5) is 4.22. The van der Waals surface area contributed by atoms with Gasteiger partial charge in [-0.1, -0.05) is 11.2 Å². The zero-order chi connectivity index (χ0) is 17.4. The number of aromatic nitrogens is 6. The molecule has 4 aromatic rings. The normalized spacial score (nSPS) is 12.0. The van der Waals surface area contributed by atoms with Gasteiger partial charge in [0.25, 0.3) is 0 Å². The van der Waals surface area contributed by atoms with Crippen LogP contribution in [0.5, 0.6) is 0 Å². The van der Waals surface area contributed by atoms with Gasteiger partial charge in [-0.2, -0.15) is 18.8 Å². The van der Waals surface area contributed by atoms with Gasteiger partial charge in [-0.15, -0.1) is 0 Å². The topological polar surface area (TPSA) is 129 Å². The van der Waals surface area contributed by atoms with E-state index in [0.29, 0.717) is 22.4 Å². The van der Waals surface area contributed by atoms with E-state index in [1.807, 2.05) is 0 Å². The van der Waals surface area contributed by atoms with Gasteiger partial charge in [-0.3, -0.25) is 4.68 Å². The Morgan fingerprint density at radius 1 is 1.32 bits per heavy atom. The molecular formula is C13H11N7O3S2. The molecule has 0 spiro atoms. The van der Waals surface area contributed by atoms with Crippen molar-refractivity contribution in [1.82, 2.24) is 33.4 Å². The average molecular weight is 377 g/mol. The van der Waals surface area contributed by atoms with Gasteiger partial charge in [0.2, 0.25) is 21.7 Å². The van der Waals surface area contributed by atoms with Gasteiger partial charge in [-0.05, 0) is 12.1 Å². The number of benzene rings is 1. The molecule has 0 aliphatic heterocycles. The Morgan fingerprint density at radius 2 is 2.20 bits per heavy atom. The Labute approximate surface area is 145 Å². The van der Waals surface area contributed by atoms with Crippen LogP contribution in [-0.4, -0.2) is 37.1 Å². The standard InChI is InChI=1S/C13H11N7O3S2/c1-20-7-8(5-14-20)13-16-11(23-17-13)6-15-25(21,22)10-4-2-3-9-12(10)19-24-18-9/h2-5,7,15H,6H2,1H3. The number of nitrogens with zero attached hydrogens (tertiary/aromatic N) is 6. The maximum atomic E-state index is 12.5. The smallest absolute Gasteiger partial charge is 0.243 e. The summed E-state index contributed by atoms with van der Waals surface area (Å²) in [5, 5.41) is 7.84. The van der Waals surface area contributed by atoms with E-state index in [0.717, 1.165) is 11.7 Å². The lowest BCUT2D eigenvalue weighted by atomic mass is 10.3. The predicted molar refractivity (Wildman–Crippen MR) is 87.9 cm³/mol. The van der Waals surface area contributed by atoms with E-state index in [1.54, 1.807) is 36.3 Å². The van der Waals surface area contributed by atoms with Crippen molar-refractivity contribution in [2.75, 3.05) is 0 Å². The van der Waals surface area contributed by atoms with E-state index < -0.39 is 10.0 Å². The van der Waals surface area contributed by atoms with Crippen molar-refractivity contribution < 1.29 is 12.9 Å². The first-order valence-electron chi connectivity index (χ1n) is 7.05. The fourth-order valence-corrected chi connectivity index (χ4v) is 3.95. The highest BCUT2D eigenvalue weighted by Gasteiger charge is 2.20. The second-order valence-corrected chi connectivity index (χ2v) is 7.39. The molecule has 10 nitrogen and oxygen atoms in total. The zero-order valence-electron chi connectivity index (χ0n) is 12.8. The number of sulfonamides is 1. The van der Waals surface area contributed by atoms with Gasteiger partial charge in [0, 0.05) is 13.2 Å². The lowest BCUT2D eigenvalue weighted by Gasteiger charge is -2.04. The molecule has 3 aromatic heterocycles. The minimum Gasteiger partial charge on any atom is -0.338 e. The van der Waals surface area contributed by atoms with Crippen LogP contribution >= 0.6 is 11.7 Å². The van der Waals surface area contributed by atoms with E-state index in [2.05, 4.69) is 28.7 Å². The largest absolute Gasteiger partial charge is 0.338 e. The van der Waals surface area contributed by atoms with Crippen molar-refractivity contribution in [3.05, 3.63) is 36.5 Å². The van der Waals surface area contributed by atoms with Crippen LogP contribution in [0.2, 0.25) is 0 Å². The number of rotatable bonds is 5. The van der Waals surface area contributed by atoms with E-state index in [-0.39, 0.29) is 17.3 Å². The van der Waals surface area contributed by atoms with Crippen molar-refractivity contribution in [2.45, 2.75) is 11.4 Å². The molecule has 0 bridgehead atoms. The molecule has 0 amide bonds. The first-order valence-corrected chi connectivity index (χ1v) is 9.27. The fraction of sp³-hybridized carbons (Fsp3) is 0.154. The molecule has 3 heterocycles. The number of nitrogens with one attached hydrogen (secondary N) is 1. The molecule has 0 aliphatic rings. The molecule has 4 rings (SSSR count). The van der Waals surface area contributed by atoms with Gasteiger partial charge in [0.15, 0.2) is 0 Å². The van der Waals surface area contributed by atoms with Crippen LogP contribution in [0, 0.1) is 0 Å². The van der Waals surface area contributed by atoms with Crippen LogP contribution in [0.4, 0.5) is 0 Å². The summed E-state index contributed by atoms with van der Waals surface area (Å²) >= 11 is 0.960. The fourth-order valence-electron chi connectivity index (χ4n) is 2.21. The molecule has 0 radical (unpaired) electrons. The van der Waals surface area contributed by atoms with E-state index in [9.17, 15) is 8.42 Å². The third kappa shape index (κ3) is 3.01. The molecule has 1 N–H and O–H groups in total. The molecule has 0 aliphatic carbocycles. The Kier molecular flexibility index (Phi) is 3.78. The number of hydrogen-bond donors (Lipinski definition) is 1. The number of hydrogen-bond acceptors (Lipinski definition) is 9. The number of aryl methyl sites for hydroxylation is 1. The van der Waals surface area contributed by atoms with E-state index in [1.165, 1.54) is 6.07 Å². The Morgan fingerprint density at radius 3 is 3.00 bits per heavy atom. The van der Waals surface area contributed by atoms with E-state index in [4.69, 9.17) is 4.52 Å². The minimum absolute atomic E-state index is 0.0609. The SMILES string of the molecule is Cn1cc(-c2noc(CNS(=O)(=O)c3cccc4nsnc34)n2)cn1. The summed E-state index contributed by atoms with van der Waals surface area (Å²) in [7, 11) is -2.03. The molecule has 0 saturated heterocycles. The van der Waals surface area contributed by atoms with Gasteiger partial charge in [0.1, 0.15) is 15.9 Å². The maximum Gasteiger partial charge on any atom is 0.243 e. The van der Waals surface area contributed by atoms with Crippen molar-refractivity contribution in [1.29, 1.82) is 0 Å². The second-order valence-electron chi connectivity index (χ2n) is 5.13. The van der Waals surface area contributed by atoms with Crippen LogP contribution in [0.3, 0.4) is 0 Å². The van der Waals surface area contributed by atoms with Crippen LogP contribution < -0.4 is 4.72 Å². The van der Waals surface area contributed by atoms with Gasteiger partial charge >= 0.3 is 0 Å². The third-order valence-electron chi connectivity index (χ3n) is 3.38. The number of fused-ring (bicyclic) bond motifs is 1. The molecule has 0 unspecified atom stereocenters. The Hall–Kier alpha value is -2.70. The van der Waals surface area contributed by atoms with Crippen molar-refractivity contribution in [2.24, 2.45) is 7.05 Å². The van der Waals surface area contributed by atoms with Crippen LogP contribution in [-0.2, 0) is 23.6 Å². The minimum atomic E-state index is -3.80. The first kappa shape index (κ1) is 15.8. The molecule has 0 saturated carbocycles. The molecule has 25 heavy (non-hydrogen) atoms. The van der Waals surface area contributed by atoms with Gasteiger partial charge < -0.3 is 4.52 Å². The molecule has 128 valence electrons. The Balaban J connectivity index is 1.55. The van der Waals surface area contributed by atoms with Gasteiger partial charge in [-0.25, -0.2) is 13.1 Å². The molecule has 12 heteroatoms. The van der Waals surface area contributed by atoms with Crippen molar-refractivity contribution in [3.63, 3.8) is 0 Å². The summed E-state index contributed by atoms with van der Waals surface area (Å²) < 4.78 is 42.2. The predicted octanol–water partition coefficient (Wildman–Crippen LogP) is 0.953. The average Bonchev–Trinajstić information content (AvgIpc) is 3.32. The van der Waals surface area contributed by atoms with Crippen LogP contribution in [0.25, 0.3) is 22.4 Å². The van der Waals surface area contributed by atoms with Gasteiger partial charge in [0.05, 0.1) is 30.0 Å². The summed E-state index contributed by atoms with van der Waals surface area (Å²) in [5.74, 6) is 0.485. The van der Waals surface area contributed by atoms with Crippen molar-refractivity contribution in [3.8, 4) is 11.4 Å². The summed E-state index contributed by atoms with van der Waals surface area (Å²) in [6, 6.07) is 4.79. The van der Waals surface area contributed by atoms with E-state index >= 15 is 0 Å². The quantitative estimate of drug-likeness (QED) is 0.544. The van der Waals surface area contributed by atoms with Crippen LogP contribution in [0.15, 0.2) is 40.0 Å². The van der Waals surface area contributed by atoms with Crippen LogP contribution in [0.1, 0.15) is 5.89 Å². The maximum absolute atomic E-state index is 12.5.